The Labute approximate surface area is 171 Å². The van der Waals surface area contributed by atoms with Gasteiger partial charge in [-0.2, -0.15) is 16.8 Å². The van der Waals surface area contributed by atoms with Crippen molar-refractivity contribution in [2.45, 2.75) is 25.7 Å². The topological polar surface area (TPSA) is 250 Å². The van der Waals surface area contributed by atoms with Crippen LogP contribution in [0.2, 0.25) is 0 Å². The van der Waals surface area contributed by atoms with Crippen molar-refractivity contribution >= 4 is 44.1 Å². The molecule has 0 radical (unpaired) electrons. The minimum atomic E-state index is -4.42. The second-order valence-corrected chi connectivity index (χ2v) is 8.75. The number of carboxylic acids is 4. The molecule has 0 aromatic heterocycles. The molecule has 17 heteroatoms. The van der Waals surface area contributed by atoms with Crippen molar-refractivity contribution in [1.29, 1.82) is 0 Å². The average molecular weight is 481 g/mol. The van der Waals surface area contributed by atoms with E-state index in [0.29, 0.717) is 17.9 Å². The van der Waals surface area contributed by atoms with E-state index in [9.17, 15) is 36.0 Å². The summed E-state index contributed by atoms with van der Waals surface area (Å²) in [6, 6.07) is 0. The van der Waals surface area contributed by atoms with Crippen molar-refractivity contribution in [3.63, 3.8) is 0 Å². The summed E-state index contributed by atoms with van der Waals surface area (Å²) in [5.41, 5.74) is 0. The molecule has 1 fully saturated rings. The van der Waals surface area contributed by atoms with Gasteiger partial charge in [0.1, 0.15) is 5.88 Å². The highest BCUT2D eigenvalue weighted by Crippen LogP contribution is 2.04. The maximum Gasteiger partial charge on any atom is 0.317 e. The van der Waals surface area contributed by atoms with Crippen LogP contribution in [0.15, 0.2) is 0 Å². The van der Waals surface area contributed by atoms with E-state index in [2.05, 4.69) is 4.18 Å². The number of hydrogen-bond acceptors (Lipinski definition) is 10. The van der Waals surface area contributed by atoms with Crippen LogP contribution in [-0.2, 0) is 43.6 Å². The number of hydrogen-bond donors (Lipinski definition) is 5. The molecule has 0 amide bonds. The Hall–Kier alpha value is -2.34. The number of rotatable bonds is 10. The van der Waals surface area contributed by atoms with Gasteiger partial charge >= 0.3 is 23.9 Å². The van der Waals surface area contributed by atoms with Crippen LogP contribution in [0.4, 0.5) is 0 Å². The van der Waals surface area contributed by atoms with Crippen LogP contribution in [0.1, 0.15) is 25.7 Å². The molecule has 1 aliphatic rings. The zero-order chi connectivity index (χ0) is 24.0. The predicted octanol–water partition coefficient (Wildman–Crippen LogP) is -1.63. The van der Waals surface area contributed by atoms with E-state index in [4.69, 9.17) is 25.0 Å². The van der Waals surface area contributed by atoms with E-state index >= 15 is 0 Å². The fraction of sp³-hybridized carbons (Fsp3) is 0.692. The molecule has 15 nitrogen and oxygen atoms in total. The summed E-state index contributed by atoms with van der Waals surface area (Å²) in [5.74, 6) is -5.48. The lowest BCUT2D eigenvalue weighted by Gasteiger charge is -2.15. The summed E-state index contributed by atoms with van der Waals surface area (Å²) in [7, 11) is -7.46. The Kier molecular flexibility index (Phi) is 14.5. The lowest BCUT2D eigenvalue weighted by atomic mass is 10.2. The Morgan fingerprint density at radius 3 is 1.50 bits per heavy atom. The first-order valence-corrected chi connectivity index (χ1v) is 11.1. The molecular weight excluding hydrogens is 458 g/mol. The molecule has 0 aliphatic carbocycles. The molecule has 30 heavy (non-hydrogen) atoms. The molecule has 0 unspecified atom stereocenters. The summed E-state index contributed by atoms with van der Waals surface area (Å²) in [4.78, 5) is 40.5. The molecule has 1 saturated heterocycles. The van der Waals surface area contributed by atoms with Crippen molar-refractivity contribution in [3.8, 4) is 0 Å². The van der Waals surface area contributed by atoms with Gasteiger partial charge in [0.05, 0.1) is 25.4 Å². The highest BCUT2D eigenvalue weighted by atomic mass is 32.2. The largest absolute Gasteiger partial charge is 0.481 e. The van der Waals surface area contributed by atoms with E-state index in [-0.39, 0.29) is 25.0 Å². The first-order valence-electron chi connectivity index (χ1n) is 7.96. The van der Waals surface area contributed by atoms with Crippen molar-refractivity contribution < 1.29 is 65.2 Å². The Balaban J connectivity index is 0. The summed E-state index contributed by atoms with van der Waals surface area (Å²) in [5, 5.41) is 32.6. The molecule has 1 heterocycles. The van der Waals surface area contributed by atoms with E-state index in [1.165, 1.54) is 0 Å². The molecule has 0 atom stereocenters. The van der Waals surface area contributed by atoms with Gasteiger partial charge in [0, 0.05) is 12.8 Å². The number of carboxylic acid groups (broad SMARTS) is 4. The third kappa shape index (κ3) is 23.7. The predicted molar refractivity (Wildman–Crippen MR) is 96.7 cm³/mol. The monoisotopic (exact) mass is 481 g/mol. The van der Waals surface area contributed by atoms with Gasteiger partial charge < -0.3 is 20.4 Å². The molecule has 176 valence electrons. The second-order valence-electron chi connectivity index (χ2n) is 5.56. The molecule has 0 saturated carbocycles. The summed E-state index contributed by atoms with van der Waals surface area (Å²) < 4.78 is 53.8. The molecule has 5 N–H and O–H groups in total. The molecular formula is C13H23NO14S2. The first kappa shape index (κ1) is 29.9. The van der Waals surface area contributed by atoms with Gasteiger partial charge in [-0.1, -0.05) is 0 Å². The Morgan fingerprint density at radius 2 is 1.30 bits per heavy atom. The molecule has 0 aromatic rings. The van der Waals surface area contributed by atoms with Crippen molar-refractivity contribution in [3.05, 3.63) is 0 Å². The quantitative estimate of drug-likeness (QED) is 0.173. The average Bonchev–Trinajstić information content (AvgIpc) is 2.88. The SMILES string of the molecule is O=C(O)CCCC(=O)O.O=C(O)CN(CC(=O)O)CS(=O)(=O)O.O=S1(=O)CCCO1. The van der Waals surface area contributed by atoms with Gasteiger partial charge in [0.2, 0.25) is 0 Å². The third-order valence-corrected chi connectivity index (χ3v) is 4.65. The Bertz CT molecular complexity index is 747. The molecule has 0 spiro atoms. The summed E-state index contributed by atoms with van der Waals surface area (Å²) in [6.07, 6.45) is 0.742. The van der Waals surface area contributed by atoms with Crippen LogP contribution in [0.5, 0.6) is 0 Å². The van der Waals surface area contributed by atoms with E-state index in [1.54, 1.807) is 0 Å². The maximum atomic E-state index is 10.3. The van der Waals surface area contributed by atoms with Gasteiger partial charge in [-0.25, -0.2) is 0 Å². The fourth-order valence-electron chi connectivity index (χ4n) is 1.63. The van der Waals surface area contributed by atoms with Gasteiger partial charge in [-0.15, -0.1) is 0 Å². The van der Waals surface area contributed by atoms with Gasteiger partial charge in [-0.05, 0) is 12.8 Å². The van der Waals surface area contributed by atoms with Crippen LogP contribution in [0.3, 0.4) is 0 Å². The highest BCUT2D eigenvalue weighted by molar-refractivity contribution is 7.86. The van der Waals surface area contributed by atoms with Crippen molar-refractivity contribution in [2.24, 2.45) is 0 Å². The van der Waals surface area contributed by atoms with Gasteiger partial charge in [0.25, 0.3) is 20.2 Å². The molecule has 0 bridgehead atoms. The molecule has 1 rings (SSSR count). The normalized spacial score (nSPS) is 14.6. The van der Waals surface area contributed by atoms with Crippen LogP contribution in [-0.4, -0.2) is 102 Å². The number of nitrogens with zero attached hydrogens (tertiary/aromatic N) is 1. The zero-order valence-electron chi connectivity index (χ0n) is 15.5. The number of carbonyl (C=O) groups is 4. The zero-order valence-corrected chi connectivity index (χ0v) is 17.2. The van der Waals surface area contributed by atoms with E-state index < -0.39 is 63.1 Å². The lowest BCUT2D eigenvalue weighted by Crippen LogP contribution is -2.38. The minimum absolute atomic E-state index is 0.0632. The second kappa shape index (κ2) is 14.6. The van der Waals surface area contributed by atoms with Crippen LogP contribution < -0.4 is 0 Å². The van der Waals surface area contributed by atoms with E-state index in [1.807, 2.05) is 0 Å². The minimum Gasteiger partial charge on any atom is -0.481 e. The fourth-order valence-corrected chi connectivity index (χ4v) is 3.24. The van der Waals surface area contributed by atoms with Crippen LogP contribution in [0.25, 0.3) is 0 Å². The lowest BCUT2D eigenvalue weighted by molar-refractivity contribution is -0.142. The van der Waals surface area contributed by atoms with Crippen LogP contribution >= 0.6 is 0 Å². The highest BCUT2D eigenvalue weighted by Gasteiger charge is 2.19. The van der Waals surface area contributed by atoms with Gasteiger partial charge in [-0.3, -0.25) is 32.8 Å². The van der Waals surface area contributed by atoms with Crippen molar-refractivity contribution in [1.82, 2.24) is 4.90 Å². The summed E-state index contributed by atoms with van der Waals surface area (Å²) in [6.45, 7) is -1.17. The number of aliphatic carboxylic acids is 4. The molecule has 1 aliphatic heterocycles. The summed E-state index contributed by atoms with van der Waals surface area (Å²) >= 11 is 0. The van der Waals surface area contributed by atoms with E-state index in [0.717, 1.165) is 0 Å². The Morgan fingerprint density at radius 1 is 0.867 bits per heavy atom. The smallest absolute Gasteiger partial charge is 0.317 e. The third-order valence-electron chi connectivity index (χ3n) is 2.65. The standard InChI is InChI=1S/C5H9NO7S.C5H8O4.C3H6O3S/c7-4(8)1-6(2-5(9)10)3-14(11,12)13;6-4(7)2-1-3-5(8)9;4-7(5)3-1-2-6-7/h1-3H2,(H,7,8)(H,9,10)(H,11,12,13);1-3H2,(H,6,7)(H,8,9);1-3H2. The molecule has 0 aromatic carbocycles. The first-order chi connectivity index (χ1) is 13.5. The van der Waals surface area contributed by atoms with Crippen LogP contribution in [0, 0.1) is 0 Å². The maximum absolute atomic E-state index is 10.3. The van der Waals surface area contributed by atoms with Gasteiger partial charge in [0.15, 0.2) is 0 Å². The van der Waals surface area contributed by atoms with Crippen molar-refractivity contribution in [2.75, 3.05) is 31.3 Å².